The lowest BCUT2D eigenvalue weighted by Gasteiger charge is -2.25. The highest BCUT2D eigenvalue weighted by Gasteiger charge is 2.24. The molecule has 0 aliphatic carbocycles. The molecular weight excluding hydrogens is 396 g/mol. The van der Waals surface area contributed by atoms with Gasteiger partial charge in [-0.05, 0) is 30.0 Å². The van der Waals surface area contributed by atoms with Gasteiger partial charge >= 0.3 is 5.69 Å². The van der Waals surface area contributed by atoms with E-state index in [1.165, 1.54) is 9.47 Å². The summed E-state index contributed by atoms with van der Waals surface area (Å²) in [5.41, 5.74) is 5.65. The minimum Gasteiger partial charge on any atom is -0.385 e. The molecule has 3 N–H and O–H groups in total. The van der Waals surface area contributed by atoms with Crippen molar-refractivity contribution in [2.75, 3.05) is 30.9 Å². The highest BCUT2D eigenvalue weighted by atomic mass is 35.5. The van der Waals surface area contributed by atoms with Crippen LogP contribution in [0.1, 0.15) is 25.8 Å². The molecule has 0 saturated heterocycles. The number of methoxy groups -OCH3 is 1. The molecule has 158 valence electrons. The molecule has 0 aliphatic rings. The standard InChI is InChI=1S/C20H27ClN4O4/c1-13(2)12-25-18(22)17(19(27)23-20(25)28)24(9-4-10-29-3)16(26)11-14-5-7-15(21)8-6-14/h5-8,13H,4,9-12,22H2,1-3H3,(H,23,27,28). The quantitative estimate of drug-likeness (QED) is 0.601. The summed E-state index contributed by atoms with van der Waals surface area (Å²) in [6, 6.07) is 6.90. The lowest BCUT2D eigenvalue weighted by atomic mass is 10.1. The van der Waals surface area contributed by atoms with Crippen LogP contribution >= 0.6 is 11.6 Å². The fraction of sp³-hybridized carbons (Fsp3) is 0.450. The number of anilines is 2. The van der Waals surface area contributed by atoms with Crippen molar-refractivity contribution in [3.63, 3.8) is 0 Å². The molecule has 0 unspecified atom stereocenters. The third kappa shape index (κ3) is 5.95. The number of carbonyl (C=O) groups excluding carboxylic acids is 1. The number of nitrogens with zero attached hydrogens (tertiary/aromatic N) is 2. The average Bonchev–Trinajstić information content (AvgIpc) is 2.65. The van der Waals surface area contributed by atoms with Crippen molar-refractivity contribution >= 4 is 29.0 Å². The number of nitrogens with two attached hydrogens (primary N) is 1. The van der Waals surface area contributed by atoms with Crippen LogP contribution in [0.15, 0.2) is 33.9 Å². The monoisotopic (exact) mass is 422 g/mol. The van der Waals surface area contributed by atoms with E-state index in [9.17, 15) is 14.4 Å². The molecule has 1 aromatic carbocycles. The molecule has 29 heavy (non-hydrogen) atoms. The van der Waals surface area contributed by atoms with Crippen LogP contribution in [0.3, 0.4) is 0 Å². The van der Waals surface area contributed by atoms with Crippen molar-refractivity contribution in [2.24, 2.45) is 5.92 Å². The second-order valence-electron chi connectivity index (χ2n) is 7.19. The minimum absolute atomic E-state index is 0.0136. The maximum Gasteiger partial charge on any atom is 0.330 e. The zero-order valence-electron chi connectivity index (χ0n) is 16.9. The third-order valence-corrected chi connectivity index (χ3v) is 4.58. The predicted octanol–water partition coefficient (Wildman–Crippen LogP) is 2.04. The van der Waals surface area contributed by atoms with Crippen LogP contribution in [-0.4, -0.2) is 35.7 Å². The Morgan fingerprint density at radius 2 is 1.93 bits per heavy atom. The first-order valence-electron chi connectivity index (χ1n) is 9.41. The predicted molar refractivity (Wildman–Crippen MR) is 115 cm³/mol. The number of H-pyrrole nitrogens is 1. The van der Waals surface area contributed by atoms with E-state index in [0.717, 1.165) is 5.56 Å². The van der Waals surface area contributed by atoms with Gasteiger partial charge in [0.25, 0.3) is 5.56 Å². The minimum atomic E-state index is -0.686. The van der Waals surface area contributed by atoms with E-state index in [2.05, 4.69) is 4.98 Å². The topological polar surface area (TPSA) is 110 Å². The van der Waals surface area contributed by atoms with Gasteiger partial charge in [0.1, 0.15) is 5.82 Å². The normalized spacial score (nSPS) is 11.1. The van der Waals surface area contributed by atoms with E-state index in [-0.39, 0.29) is 36.3 Å². The van der Waals surface area contributed by atoms with Crippen LogP contribution in [0, 0.1) is 5.92 Å². The second-order valence-corrected chi connectivity index (χ2v) is 7.63. The summed E-state index contributed by atoms with van der Waals surface area (Å²) >= 11 is 5.90. The molecule has 0 aliphatic heterocycles. The number of nitrogen functional groups attached to an aromatic ring is 1. The van der Waals surface area contributed by atoms with Gasteiger partial charge < -0.3 is 15.4 Å². The summed E-state index contributed by atoms with van der Waals surface area (Å²) in [5, 5.41) is 0.569. The van der Waals surface area contributed by atoms with E-state index in [4.69, 9.17) is 22.1 Å². The Morgan fingerprint density at radius 1 is 1.28 bits per heavy atom. The molecule has 0 radical (unpaired) electrons. The molecule has 2 rings (SSSR count). The van der Waals surface area contributed by atoms with Crippen molar-refractivity contribution in [3.05, 3.63) is 55.7 Å². The summed E-state index contributed by atoms with van der Waals surface area (Å²) in [6.07, 6.45) is 0.567. The van der Waals surface area contributed by atoms with Gasteiger partial charge in [-0.25, -0.2) is 4.79 Å². The second kappa shape index (κ2) is 10.3. The smallest absolute Gasteiger partial charge is 0.330 e. The lowest BCUT2D eigenvalue weighted by molar-refractivity contribution is -0.118. The number of aromatic nitrogens is 2. The number of hydrogen-bond acceptors (Lipinski definition) is 5. The average molecular weight is 423 g/mol. The van der Waals surface area contributed by atoms with Crippen LogP contribution in [0.2, 0.25) is 5.02 Å². The van der Waals surface area contributed by atoms with E-state index >= 15 is 0 Å². The van der Waals surface area contributed by atoms with Crippen molar-refractivity contribution in [1.82, 2.24) is 9.55 Å². The van der Waals surface area contributed by atoms with Gasteiger partial charge in [0.05, 0.1) is 6.42 Å². The van der Waals surface area contributed by atoms with Crippen molar-refractivity contribution in [2.45, 2.75) is 33.2 Å². The van der Waals surface area contributed by atoms with E-state index in [0.29, 0.717) is 24.6 Å². The van der Waals surface area contributed by atoms with Crippen LogP contribution in [0.4, 0.5) is 11.5 Å². The highest BCUT2D eigenvalue weighted by molar-refractivity contribution is 6.30. The Kier molecular flexibility index (Phi) is 8.04. The van der Waals surface area contributed by atoms with E-state index in [1.807, 2.05) is 13.8 Å². The van der Waals surface area contributed by atoms with Gasteiger partial charge in [-0.1, -0.05) is 37.6 Å². The lowest BCUT2D eigenvalue weighted by Crippen LogP contribution is -2.42. The number of nitrogens with one attached hydrogen (secondary N) is 1. The maximum atomic E-state index is 13.1. The number of aromatic amines is 1. The third-order valence-electron chi connectivity index (χ3n) is 4.33. The molecule has 1 aromatic heterocycles. The van der Waals surface area contributed by atoms with Crippen LogP contribution in [0.25, 0.3) is 0 Å². The Bertz CT molecular complexity index is 950. The van der Waals surface area contributed by atoms with Gasteiger partial charge in [-0.15, -0.1) is 0 Å². The first kappa shape index (κ1) is 22.7. The first-order chi connectivity index (χ1) is 13.7. The SMILES string of the molecule is COCCCN(C(=O)Cc1ccc(Cl)cc1)c1c(N)n(CC(C)C)c(=O)[nH]c1=O. The van der Waals surface area contributed by atoms with Crippen LogP contribution in [-0.2, 0) is 22.5 Å². The van der Waals surface area contributed by atoms with Gasteiger partial charge in [0.15, 0.2) is 5.69 Å². The van der Waals surface area contributed by atoms with Crippen LogP contribution < -0.4 is 21.9 Å². The molecule has 0 spiro atoms. The molecule has 0 fully saturated rings. The number of benzene rings is 1. The zero-order chi connectivity index (χ0) is 21.6. The summed E-state index contributed by atoms with van der Waals surface area (Å²) in [4.78, 5) is 41.5. The van der Waals surface area contributed by atoms with Gasteiger partial charge in [0, 0.05) is 31.8 Å². The molecule has 2 aromatic rings. The number of amides is 1. The first-order valence-corrected chi connectivity index (χ1v) is 9.78. The van der Waals surface area contributed by atoms with Crippen LogP contribution in [0.5, 0.6) is 0 Å². The largest absolute Gasteiger partial charge is 0.385 e. The Labute approximate surface area is 174 Å². The Morgan fingerprint density at radius 3 is 2.52 bits per heavy atom. The fourth-order valence-corrected chi connectivity index (χ4v) is 3.11. The van der Waals surface area contributed by atoms with E-state index in [1.54, 1.807) is 31.4 Å². The van der Waals surface area contributed by atoms with Crippen molar-refractivity contribution in [3.8, 4) is 0 Å². The molecular formula is C20H27ClN4O4. The Balaban J connectivity index is 2.45. The van der Waals surface area contributed by atoms with Gasteiger partial charge in [-0.2, -0.15) is 0 Å². The van der Waals surface area contributed by atoms with Crippen molar-refractivity contribution < 1.29 is 9.53 Å². The molecule has 1 heterocycles. The Hall–Kier alpha value is -2.58. The highest BCUT2D eigenvalue weighted by Crippen LogP contribution is 2.20. The molecule has 0 bridgehead atoms. The number of halogens is 1. The summed E-state index contributed by atoms with van der Waals surface area (Å²) in [5.74, 6) is -0.204. The zero-order valence-corrected chi connectivity index (χ0v) is 17.7. The molecule has 9 heteroatoms. The van der Waals surface area contributed by atoms with Gasteiger partial charge in [0.2, 0.25) is 5.91 Å². The maximum absolute atomic E-state index is 13.1. The summed E-state index contributed by atoms with van der Waals surface area (Å²) in [7, 11) is 1.56. The number of rotatable bonds is 9. The molecule has 0 saturated carbocycles. The molecule has 1 amide bonds. The van der Waals surface area contributed by atoms with E-state index < -0.39 is 11.2 Å². The number of hydrogen-bond donors (Lipinski definition) is 2. The molecule has 0 atom stereocenters. The summed E-state index contributed by atoms with van der Waals surface area (Å²) < 4.78 is 6.36. The molecule has 8 nitrogen and oxygen atoms in total. The number of ether oxygens (including phenoxy) is 1. The summed E-state index contributed by atoms with van der Waals surface area (Å²) in [6.45, 7) is 4.82. The van der Waals surface area contributed by atoms with Crippen molar-refractivity contribution in [1.29, 1.82) is 0 Å². The van der Waals surface area contributed by atoms with Gasteiger partial charge in [-0.3, -0.25) is 19.1 Å². The fourth-order valence-electron chi connectivity index (χ4n) is 2.99. The number of carbonyl (C=O) groups is 1.